The highest BCUT2D eigenvalue weighted by Gasteiger charge is 2.10. The van der Waals surface area contributed by atoms with Crippen LogP contribution in [0.15, 0.2) is 48.7 Å². The van der Waals surface area contributed by atoms with Gasteiger partial charge in [-0.25, -0.2) is 14.2 Å². The minimum atomic E-state index is -0.564. The molecule has 2 aromatic carbocycles. The van der Waals surface area contributed by atoms with E-state index in [1.54, 1.807) is 0 Å². The van der Waals surface area contributed by atoms with Gasteiger partial charge in [0.25, 0.3) is 0 Å². The van der Waals surface area contributed by atoms with E-state index < -0.39 is 11.8 Å². The Kier molecular flexibility index (Phi) is 6.33. The number of aromatic nitrogens is 2. The summed E-state index contributed by atoms with van der Waals surface area (Å²) in [5, 5.41) is 10.3. The molecule has 28 heavy (non-hydrogen) atoms. The predicted molar refractivity (Wildman–Crippen MR) is 110 cm³/mol. The Morgan fingerprint density at radius 2 is 1.89 bits per heavy atom. The lowest BCUT2D eigenvalue weighted by Gasteiger charge is -2.11. The number of nitrogens with one attached hydrogen (secondary N) is 3. The van der Waals surface area contributed by atoms with E-state index in [0.717, 1.165) is 29.9 Å². The van der Waals surface area contributed by atoms with Gasteiger partial charge >= 0.3 is 6.03 Å². The van der Waals surface area contributed by atoms with E-state index in [2.05, 4.69) is 25.9 Å². The molecule has 3 aromatic rings. The zero-order valence-electron chi connectivity index (χ0n) is 15.9. The van der Waals surface area contributed by atoms with E-state index in [4.69, 9.17) is 0 Å². The number of nitrogens with zero attached hydrogens (tertiary/aromatic N) is 3. The second-order valence-electron chi connectivity index (χ2n) is 6.61. The van der Waals surface area contributed by atoms with E-state index in [1.807, 2.05) is 61.5 Å². The normalized spacial score (nSPS) is 10.9. The van der Waals surface area contributed by atoms with Gasteiger partial charge in [0.05, 0.1) is 6.20 Å². The Morgan fingerprint density at radius 1 is 1.11 bits per heavy atom. The van der Waals surface area contributed by atoms with Gasteiger partial charge in [0.1, 0.15) is 0 Å². The van der Waals surface area contributed by atoms with Crippen molar-refractivity contribution in [1.29, 1.82) is 0 Å². The summed E-state index contributed by atoms with van der Waals surface area (Å²) < 4.78 is 13.9. The number of carbonyl (C=O) groups is 1. The third kappa shape index (κ3) is 5.37. The van der Waals surface area contributed by atoms with Crippen LogP contribution in [0.4, 0.5) is 26.6 Å². The van der Waals surface area contributed by atoms with Gasteiger partial charge in [-0.05, 0) is 50.0 Å². The van der Waals surface area contributed by atoms with E-state index >= 15 is 0 Å². The Hall–Kier alpha value is -3.26. The van der Waals surface area contributed by atoms with Gasteiger partial charge in [0.2, 0.25) is 5.95 Å². The highest BCUT2D eigenvalue weighted by atomic mass is 19.1. The monoisotopic (exact) mass is 382 g/mol. The number of halogens is 1. The number of anilines is 3. The van der Waals surface area contributed by atoms with Crippen LogP contribution in [0.25, 0.3) is 10.8 Å². The first-order valence-electron chi connectivity index (χ1n) is 8.99. The lowest BCUT2D eigenvalue weighted by atomic mass is 10.1. The molecule has 0 spiro atoms. The average Bonchev–Trinajstić information content (AvgIpc) is 2.67. The molecule has 1 heterocycles. The van der Waals surface area contributed by atoms with Gasteiger partial charge in [-0.3, -0.25) is 5.32 Å². The Balaban J connectivity index is 1.60. The summed E-state index contributed by atoms with van der Waals surface area (Å²) in [6.07, 6.45) is 1.87. The van der Waals surface area contributed by atoms with Gasteiger partial charge in [0, 0.05) is 12.2 Å². The van der Waals surface area contributed by atoms with Crippen LogP contribution >= 0.6 is 0 Å². The standard InChI is InChI=1S/C20H23FN6O/c1-27(2)11-5-10-22-18-17(21)13-23-19(25-18)26-20(28)24-16-9-8-14-6-3-4-7-15(14)12-16/h3-4,6-9,12-13H,5,10-11H2,1-2H3,(H3,22,23,24,25,26,28). The topological polar surface area (TPSA) is 82.2 Å². The minimum absolute atomic E-state index is 0.0230. The van der Waals surface area contributed by atoms with Gasteiger partial charge in [-0.1, -0.05) is 30.3 Å². The van der Waals surface area contributed by atoms with Crippen LogP contribution in [-0.4, -0.2) is 48.1 Å². The first kappa shape index (κ1) is 19.5. The number of carbonyl (C=O) groups excluding carboxylic acids is 1. The van der Waals surface area contributed by atoms with Crippen molar-refractivity contribution < 1.29 is 9.18 Å². The maximum Gasteiger partial charge on any atom is 0.326 e. The maximum atomic E-state index is 13.9. The molecule has 0 unspecified atom stereocenters. The van der Waals surface area contributed by atoms with Crippen LogP contribution in [0.5, 0.6) is 0 Å². The molecule has 0 radical (unpaired) electrons. The van der Waals surface area contributed by atoms with E-state index in [0.29, 0.717) is 12.2 Å². The number of hydrogen-bond acceptors (Lipinski definition) is 5. The summed E-state index contributed by atoms with van der Waals surface area (Å²) in [7, 11) is 3.95. The summed E-state index contributed by atoms with van der Waals surface area (Å²) in [6.45, 7) is 1.44. The van der Waals surface area contributed by atoms with Crippen LogP contribution in [-0.2, 0) is 0 Å². The largest absolute Gasteiger partial charge is 0.367 e. The lowest BCUT2D eigenvalue weighted by molar-refractivity contribution is 0.262. The summed E-state index contributed by atoms with van der Waals surface area (Å²) in [5.41, 5.74) is 0.639. The summed E-state index contributed by atoms with van der Waals surface area (Å²) >= 11 is 0. The second kappa shape index (κ2) is 9.09. The maximum absolute atomic E-state index is 13.9. The van der Waals surface area contributed by atoms with Crippen molar-refractivity contribution in [1.82, 2.24) is 14.9 Å². The van der Waals surface area contributed by atoms with Crippen molar-refractivity contribution >= 4 is 34.3 Å². The molecule has 3 N–H and O–H groups in total. The van der Waals surface area contributed by atoms with E-state index in [-0.39, 0.29) is 11.8 Å². The molecule has 0 atom stereocenters. The molecule has 3 rings (SSSR count). The third-order valence-electron chi connectivity index (χ3n) is 4.05. The van der Waals surface area contributed by atoms with E-state index in [9.17, 15) is 9.18 Å². The van der Waals surface area contributed by atoms with Crippen LogP contribution in [0, 0.1) is 5.82 Å². The molecule has 0 aliphatic carbocycles. The van der Waals surface area contributed by atoms with Crippen molar-refractivity contribution in [3.8, 4) is 0 Å². The molecule has 0 bridgehead atoms. The molecule has 0 aliphatic rings. The molecule has 8 heteroatoms. The van der Waals surface area contributed by atoms with Crippen LogP contribution in [0.1, 0.15) is 6.42 Å². The predicted octanol–water partition coefficient (Wildman–Crippen LogP) is 3.78. The number of rotatable bonds is 7. The van der Waals surface area contributed by atoms with Gasteiger partial charge in [-0.2, -0.15) is 4.98 Å². The van der Waals surface area contributed by atoms with E-state index in [1.165, 1.54) is 0 Å². The zero-order chi connectivity index (χ0) is 19.9. The van der Waals surface area contributed by atoms with Gasteiger partial charge in [0.15, 0.2) is 11.6 Å². The molecular formula is C20H23FN6O. The first-order chi connectivity index (χ1) is 13.5. The number of urea groups is 1. The number of fused-ring (bicyclic) bond motifs is 1. The fourth-order valence-corrected chi connectivity index (χ4v) is 2.68. The Morgan fingerprint density at radius 3 is 2.68 bits per heavy atom. The van der Waals surface area contributed by atoms with Gasteiger partial charge < -0.3 is 15.5 Å². The van der Waals surface area contributed by atoms with Crippen molar-refractivity contribution in [2.45, 2.75) is 6.42 Å². The van der Waals surface area contributed by atoms with Crippen LogP contribution < -0.4 is 16.0 Å². The van der Waals surface area contributed by atoms with Crippen molar-refractivity contribution in [2.24, 2.45) is 0 Å². The fourth-order valence-electron chi connectivity index (χ4n) is 2.68. The molecule has 0 aliphatic heterocycles. The van der Waals surface area contributed by atoms with Gasteiger partial charge in [-0.15, -0.1) is 0 Å². The minimum Gasteiger partial charge on any atom is -0.367 e. The summed E-state index contributed by atoms with van der Waals surface area (Å²) in [5.74, 6) is -0.477. The highest BCUT2D eigenvalue weighted by Crippen LogP contribution is 2.19. The average molecular weight is 382 g/mol. The number of amides is 2. The SMILES string of the molecule is CN(C)CCCNc1nc(NC(=O)Nc2ccc3ccccc3c2)ncc1F. The molecule has 146 valence electrons. The summed E-state index contributed by atoms with van der Waals surface area (Å²) in [4.78, 5) is 22.1. The highest BCUT2D eigenvalue weighted by molar-refractivity contribution is 6.00. The molecule has 2 amide bonds. The van der Waals surface area contributed by atoms with Crippen molar-refractivity contribution in [2.75, 3.05) is 43.1 Å². The van der Waals surface area contributed by atoms with Crippen LogP contribution in [0.2, 0.25) is 0 Å². The molecule has 1 aromatic heterocycles. The molecule has 0 fully saturated rings. The Bertz CT molecular complexity index is 962. The quantitative estimate of drug-likeness (QED) is 0.542. The zero-order valence-corrected chi connectivity index (χ0v) is 15.9. The number of hydrogen-bond donors (Lipinski definition) is 3. The van der Waals surface area contributed by atoms with Crippen molar-refractivity contribution in [3.05, 3.63) is 54.5 Å². The van der Waals surface area contributed by atoms with Crippen LogP contribution in [0.3, 0.4) is 0 Å². The molecule has 7 nitrogen and oxygen atoms in total. The smallest absolute Gasteiger partial charge is 0.326 e. The van der Waals surface area contributed by atoms with Crippen molar-refractivity contribution in [3.63, 3.8) is 0 Å². The first-order valence-corrected chi connectivity index (χ1v) is 8.99. The molecular weight excluding hydrogens is 359 g/mol. The third-order valence-corrected chi connectivity index (χ3v) is 4.05. The number of benzene rings is 2. The summed E-state index contributed by atoms with van der Waals surface area (Å²) in [6, 6.07) is 13.0. The fraction of sp³-hybridized carbons (Fsp3) is 0.250. The molecule has 0 saturated carbocycles. The lowest BCUT2D eigenvalue weighted by Crippen LogP contribution is -2.21. The Labute approximate surface area is 163 Å². The second-order valence-corrected chi connectivity index (χ2v) is 6.61. The molecule has 0 saturated heterocycles.